The van der Waals surface area contributed by atoms with Gasteiger partial charge in [-0.15, -0.1) is 0 Å². The maximum atomic E-state index is 11.6. The number of aryl methyl sites for hydroxylation is 2. The summed E-state index contributed by atoms with van der Waals surface area (Å²) in [6, 6.07) is 0. The van der Waals surface area contributed by atoms with E-state index in [0.717, 1.165) is 12.1 Å². The van der Waals surface area contributed by atoms with Gasteiger partial charge in [-0.1, -0.05) is 13.8 Å². The molecule has 90 valence electrons. The standard InChI is InChI=1S/C11H20N4O/c1-7(2)5-6-9(16)13-11-10(12)8(3)14-15(11)4/h7H,5-6,12H2,1-4H3,(H,13,16). The molecule has 0 bridgehead atoms. The van der Waals surface area contributed by atoms with Crippen LogP contribution in [0.2, 0.25) is 0 Å². The van der Waals surface area contributed by atoms with Gasteiger partial charge in [0.25, 0.3) is 0 Å². The quantitative estimate of drug-likeness (QED) is 0.817. The highest BCUT2D eigenvalue weighted by Gasteiger charge is 2.12. The molecule has 1 heterocycles. The first-order valence-corrected chi connectivity index (χ1v) is 5.50. The van der Waals surface area contributed by atoms with Gasteiger partial charge in [0.1, 0.15) is 0 Å². The molecule has 0 aliphatic heterocycles. The van der Waals surface area contributed by atoms with Gasteiger partial charge in [0.2, 0.25) is 5.91 Å². The summed E-state index contributed by atoms with van der Waals surface area (Å²) in [5.74, 6) is 1.10. The Balaban J connectivity index is 2.63. The van der Waals surface area contributed by atoms with Crippen LogP contribution in [0.3, 0.4) is 0 Å². The van der Waals surface area contributed by atoms with Gasteiger partial charge in [-0.05, 0) is 19.3 Å². The Hall–Kier alpha value is -1.52. The third-order valence-corrected chi connectivity index (χ3v) is 2.48. The SMILES string of the molecule is Cc1nn(C)c(NC(=O)CCC(C)C)c1N. The summed E-state index contributed by atoms with van der Waals surface area (Å²) in [5.41, 5.74) is 7.09. The predicted octanol–water partition coefficient (Wildman–Crippen LogP) is 1.69. The molecule has 0 aliphatic rings. The van der Waals surface area contributed by atoms with Gasteiger partial charge < -0.3 is 11.1 Å². The van der Waals surface area contributed by atoms with E-state index >= 15 is 0 Å². The van der Waals surface area contributed by atoms with Crippen molar-refractivity contribution in [3.63, 3.8) is 0 Å². The third kappa shape index (κ3) is 2.98. The molecule has 5 heteroatoms. The lowest BCUT2D eigenvalue weighted by Crippen LogP contribution is -2.15. The van der Waals surface area contributed by atoms with Crippen molar-refractivity contribution >= 4 is 17.4 Å². The normalized spacial score (nSPS) is 10.8. The fourth-order valence-corrected chi connectivity index (χ4v) is 1.44. The Morgan fingerprint density at radius 2 is 2.19 bits per heavy atom. The Morgan fingerprint density at radius 1 is 1.56 bits per heavy atom. The number of aromatic nitrogens is 2. The molecule has 0 radical (unpaired) electrons. The summed E-state index contributed by atoms with van der Waals surface area (Å²) in [5, 5.41) is 6.93. The molecule has 0 atom stereocenters. The minimum Gasteiger partial charge on any atom is -0.394 e. The summed E-state index contributed by atoms with van der Waals surface area (Å²) in [7, 11) is 1.77. The summed E-state index contributed by atoms with van der Waals surface area (Å²) < 4.78 is 1.60. The van der Waals surface area contributed by atoms with Gasteiger partial charge in [0.05, 0.1) is 11.4 Å². The number of carbonyl (C=O) groups excluding carboxylic acids is 1. The second-order valence-corrected chi connectivity index (χ2v) is 4.45. The lowest BCUT2D eigenvalue weighted by molar-refractivity contribution is -0.116. The number of rotatable bonds is 4. The average molecular weight is 224 g/mol. The van der Waals surface area contributed by atoms with Crippen molar-refractivity contribution in [2.45, 2.75) is 33.6 Å². The van der Waals surface area contributed by atoms with E-state index in [4.69, 9.17) is 5.73 Å². The average Bonchev–Trinajstić information content (AvgIpc) is 2.42. The second kappa shape index (κ2) is 5.01. The monoisotopic (exact) mass is 224 g/mol. The first kappa shape index (κ1) is 12.5. The number of amides is 1. The van der Waals surface area contributed by atoms with E-state index in [1.54, 1.807) is 11.7 Å². The molecule has 0 saturated heterocycles. The van der Waals surface area contributed by atoms with E-state index in [1.165, 1.54) is 0 Å². The molecule has 1 amide bonds. The highest BCUT2D eigenvalue weighted by Crippen LogP contribution is 2.21. The Morgan fingerprint density at radius 3 is 2.62 bits per heavy atom. The number of nitrogen functional groups attached to an aromatic ring is 1. The van der Waals surface area contributed by atoms with Crippen molar-refractivity contribution in [1.82, 2.24) is 9.78 Å². The van der Waals surface area contributed by atoms with Crippen LogP contribution in [0.5, 0.6) is 0 Å². The van der Waals surface area contributed by atoms with E-state index in [2.05, 4.69) is 24.3 Å². The molecule has 0 saturated carbocycles. The number of hydrogen-bond donors (Lipinski definition) is 2. The number of nitrogens with one attached hydrogen (secondary N) is 1. The molecule has 1 rings (SSSR count). The fourth-order valence-electron chi connectivity index (χ4n) is 1.44. The van der Waals surface area contributed by atoms with Crippen molar-refractivity contribution in [1.29, 1.82) is 0 Å². The van der Waals surface area contributed by atoms with E-state index in [1.807, 2.05) is 6.92 Å². The zero-order chi connectivity index (χ0) is 12.3. The summed E-state index contributed by atoms with van der Waals surface area (Å²) in [6.07, 6.45) is 1.39. The largest absolute Gasteiger partial charge is 0.394 e. The molecular weight excluding hydrogens is 204 g/mol. The first-order chi connectivity index (χ1) is 7.41. The molecule has 0 unspecified atom stereocenters. The van der Waals surface area contributed by atoms with Crippen molar-refractivity contribution in [2.75, 3.05) is 11.1 Å². The number of nitrogens with zero attached hydrogens (tertiary/aromatic N) is 2. The lowest BCUT2D eigenvalue weighted by atomic mass is 10.1. The maximum absolute atomic E-state index is 11.6. The van der Waals surface area contributed by atoms with Crippen LogP contribution >= 0.6 is 0 Å². The maximum Gasteiger partial charge on any atom is 0.225 e. The second-order valence-electron chi connectivity index (χ2n) is 4.45. The van der Waals surface area contributed by atoms with E-state index in [-0.39, 0.29) is 5.91 Å². The zero-order valence-electron chi connectivity index (χ0n) is 10.4. The Bertz CT molecular complexity index is 382. The molecule has 5 nitrogen and oxygen atoms in total. The van der Waals surface area contributed by atoms with E-state index in [9.17, 15) is 4.79 Å². The molecule has 1 aromatic heterocycles. The minimum atomic E-state index is -0.0107. The zero-order valence-corrected chi connectivity index (χ0v) is 10.4. The number of anilines is 2. The fraction of sp³-hybridized carbons (Fsp3) is 0.636. The molecule has 0 aromatic carbocycles. The molecule has 1 aromatic rings. The molecule has 0 spiro atoms. The van der Waals surface area contributed by atoms with Crippen LogP contribution in [0, 0.1) is 12.8 Å². The van der Waals surface area contributed by atoms with E-state index in [0.29, 0.717) is 23.8 Å². The van der Waals surface area contributed by atoms with Gasteiger partial charge in [-0.2, -0.15) is 5.10 Å². The van der Waals surface area contributed by atoms with Crippen molar-refractivity contribution < 1.29 is 4.79 Å². The van der Waals surface area contributed by atoms with Crippen LogP contribution in [0.1, 0.15) is 32.4 Å². The van der Waals surface area contributed by atoms with Crippen LogP contribution in [0.15, 0.2) is 0 Å². The van der Waals surface area contributed by atoms with Crippen LogP contribution < -0.4 is 11.1 Å². The van der Waals surface area contributed by atoms with Crippen LogP contribution in [0.25, 0.3) is 0 Å². The molecule has 0 fully saturated rings. The Kier molecular flexibility index (Phi) is 3.93. The van der Waals surface area contributed by atoms with Crippen LogP contribution in [-0.4, -0.2) is 15.7 Å². The summed E-state index contributed by atoms with van der Waals surface area (Å²) in [6.45, 7) is 6.00. The van der Waals surface area contributed by atoms with Crippen LogP contribution in [0.4, 0.5) is 11.5 Å². The molecule has 0 aliphatic carbocycles. The molecule has 16 heavy (non-hydrogen) atoms. The number of hydrogen-bond acceptors (Lipinski definition) is 3. The highest BCUT2D eigenvalue weighted by atomic mass is 16.1. The Labute approximate surface area is 96.0 Å². The van der Waals surface area contributed by atoms with Crippen molar-refractivity contribution in [3.8, 4) is 0 Å². The molecule has 3 N–H and O–H groups in total. The topological polar surface area (TPSA) is 72.9 Å². The first-order valence-electron chi connectivity index (χ1n) is 5.50. The van der Waals surface area contributed by atoms with Gasteiger partial charge in [-0.3, -0.25) is 9.48 Å². The number of nitrogens with two attached hydrogens (primary N) is 1. The lowest BCUT2D eigenvalue weighted by Gasteiger charge is -2.07. The smallest absolute Gasteiger partial charge is 0.225 e. The van der Waals surface area contributed by atoms with Gasteiger partial charge in [-0.25, -0.2) is 0 Å². The van der Waals surface area contributed by atoms with E-state index < -0.39 is 0 Å². The third-order valence-electron chi connectivity index (χ3n) is 2.48. The van der Waals surface area contributed by atoms with Crippen LogP contribution in [-0.2, 0) is 11.8 Å². The minimum absolute atomic E-state index is 0.0107. The predicted molar refractivity (Wildman–Crippen MR) is 65.1 cm³/mol. The van der Waals surface area contributed by atoms with Gasteiger partial charge >= 0.3 is 0 Å². The van der Waals surface area contributed by atoms with Gasteiger partial charge in [0.15, 0.2) is 5.82 Å². The number of carbonyl (C=O) groups is 1. The molecular formula is C11H20N4O. The van der Waals surface area contributed by atoms with Crippen molar-refractivity contribution in [3.05, 3.63) is 5.69 Å². The highest BCUT2D eigenvalue weighted by molar-refractivity contribution is 5.92. The summed E-state index contributed by atoms with van der Waals surface area (Å²) in [4.78, 5) is 11.6. The van der Waals surface area contributed by atoms with Crippen molar-refractivity contribution in [2.24, 2.45) is 13.0 Å². The van der Waals surface area contributed by atoms with Gasteiger partial charge in [0, 0.05) is 13.5 Å². The summed E-state index contributed by atoms with van der Waals surface area (Å²) >= 11 is 0.